The van der Waals surface area contributed by atoms with Crippen molar-refractivity contribution in [2.75, 3.05) is 5.32 Å². The fraction of sp³-hybridized carbons (Fsp3) is 0.500. The van der Waals surface area contributed by atoms with Crippen LogP contribution in [0, 0.1) is 12.8 Å². The first kappa shape index (κ1) is 11.4. The van der Waals surface area contributed by atoms with Crippen LogP contribution in [-0.4, -0.2) is 21.9 Å². The van der Waals surface area contributed by atoms with Crippen LogP contribution in [0.3, 0.4) is 0 Å². The molecule has 0 bridgehead atoms. The third kappa shape index (κ3) is 3.19. The molecule has 5 heteroatoms. The number of anilines is 1. The van der Waals surface area contributed by atoms with E-state index in [0.717, 1.165) is 0 Å². The first-order chi connectivity index (χ1) is 7.00. The van der Waals surface area contributed by atoms with E-state index < -0.39 is 6.04 Å². The number of rotatable bonds is 4. The molecule has 1 heterocycles. The number of nitrogens with two attached hydrogens (primary N) is 1. The van der Waals surface area contributed by atoms with Crippen molar-refractivity contribution in [1.29, 1.82) is 0 Å². The molecule has 3 N–H and O–H groups in total. The van der Waals surface area contributed by atoms with E-state index >= 15 is 0 Å². The van der Waals surface area contributed by atoms with E-state index in [-0.39, 0.29) is 11.8 Å². The number of primary amides is 1. The summed E-state index contributed by atoms with van der Waals surface area (Å²) in [7, 11) is 0. The summed E-state index contributed by atoms with van der Waals surface area (Å²) in [5.41, 5.74) is 5.28. The van der Waals surface area contributed by atoms with Gasteiger partial charge in [-0.3, -0.25) is 4.79 Å². The van der Waals surface area contributed by atoms with Crippen LogP contribution in [0.5, 0.6) is 0 Å². The van der Waals surface area contributed by atoms with Crippen molar-refractivity contribution in [1.82, 2.24) is 9.97 Å². The standard InChI is InChI=1S/C10H16N4O/c1-6(2)9(10(11)15)14-8-4-5-12-7(3)13-8/h4-6,9H,1-3H3,(H2,11,15)(H,12,13,14). The lowest BCUT2D eigenvalue weighted by Gasteiger charge is -2.19. The quantitative estimate of drug-likeness (QED) is 0.763. The van der Waals surface area contributed by atoms with Crippen molar-refractivity contribution in [2.24, 2.45) is 11.7 Å². The Kier molecular flexibility index (Phi) is 3.60. The van der Waals surface area contributed by atoms with Crippen molar-refractivity contribution >= 4 is 11.7 Å². The van der Waals surface area contributed by atoms with Crippen LogP contribution in [0.4, 0.5) is 5.82 Å². The van der Waals surface area contributed by atoms with Crippen molar-refractivity contribution in [3.05, 3.63) is 18.1 Å². The van der Waals surface area contributed by atoms with Gasteiger partial charge in [0.15, 0.2) is 0 Å². The first-order valence-corrected chi connectivity index (χ1v) is 4.86. The highest BCUT2D eigenvalue weighted by atomic mass is 16.1. The van der Waals surface area contributed by atoms with Crippen LogP contribution in [0.1, 0.15) is 19.7 Å². The average molecular weight is 208 g/mol. The van der Waals surface area contributed by atoms with Crippen LogP contribution in [0.25, 0.3) is 0 Å². The number of carbonyl (C=O) groups is 1. The van der Waals surface area contributed by atoms with E-state index in [1.165, 1.54) is 0 Å². The normalized spacial score (nSPS) is 12.5. The first-order valence-electron chi connectivity index (χ1n) is 4.86. The molecule has 1 rings (SSSR count). The van der Waals surface area contributed by atoms with Gasteiger partial charge in [0, 0.05) is 6.20 Å². The number of hydrogen-bond acceptors (Lipinski definition) is 4. The summed E-state index contributed by atoms with van der Waals surface area (Å²) in [6.07, 6.45) is 1.64. The molecule has 1 aromatic rings. The molecule has 0 aliphatic heterocycles. The molecule has 0 fully saturated rings. The summed E-state index contributed by atoms with van der Waals surface area (Å²) in [6.45, 7) is 5.65. The maximum absolute atomic E-state index is 11.1. The van der Waals surface area contributed by atoms with Gasteiger partial charge < -0.3 is 11.1 Å². The highest BCUT2D eigenvalue weighted by Crippen LogP contribution is 2.09. The number of aromatic nitrogens is 2. The van der Waals surface area contributed by atoms with Gasteiger partial charge in [-0.25, -0.2) is 9.97 Å². The Morgan fingerprint density at radius 2 is 2.20 bits per heavy atom. The maximum atomic E-state index is 11.1. The molecule has 1 atom stereocenters. The smallest absolute Gasteiger partial charge is 0.240 e. The average Bonchev–Trinajstić information content (AvgIpc) is 2.13. The van der Waals surface area contributed by atoms with Crippen molar-refractivity contribution in [2.45, 2.75) is 26.8 Å². The largest absolute Gasteiger partial charge is 0.368 e. The van der Waals surface area contributed by atoms with Gasteiger partial charge in [-0.2, -0.15) is 0 Å². The van der Waals surface area contributed by atoms with Gasteiger partial charge in [0.25, 0.3) is 0 Å². The minimum absolute atomic E-state index is 0.123. The molecule has 5 nitrogen and oxygen atoms in total. The number of carbonyl (C=O) groups excluding carboxylic acids is 1. The zero-order valence-electron chi connectivity index (χ0n) is 9.19. The molecule has 0 radical (unpaired) electrons. The minimum Gasteiger partial charge on any atom is -0.368 e. The van der Waals surface area contributed by atoms with Gasteiger partial charge in [0.2, 0.25) is 5.91 Å². The Labute approximate surface area is 89.1 Å². The van der Waals surface area contributed by atoms with Crippen LogP contribution in [-0.2, 0) is 4.79 Å². The zero-order chi connectivity index (χ0) is 11.4. The van der Waals surface area contributed by atoms with Gasteiger partial charge in [-0.05, 0) is 18.9 Å². The van der Waals surface area contributed by atoms with Gasteiger partial charge in [0.1, 0.15) is 17.7 Å². The number of nitrogens with zero attached hydrogens (tertiary/aromatic N) is 2. The third-order valence-electron chi connectivity index (χ3n) is 2.05. The molecule has 82 valence electrons. The SMILES string of the molecule is Cc1nccc(NC(C(N)=O)C(C)C)n1. The number of hydrogen-bond donors (Lipinski definition) is 2. The Morgan fingerprint density at radius 1 is 1.53 bits per heavy atom. The van der Waals surface area contributed by atoms with Gasteiger partial charge in [-0.15, -0.1) is 0 Å². The second kappa shape index (κ2) is 4.72. The summed E-state index contributed by atoms with van der Waals surface area (Å²) in [4.78, 5) is 19.3. The summed E-state index contributed by atoms with van der Waals surface area (Å²) >= 11 is 0. The highest BCUT2D eigenvalue weighted by molar-refractivity contribution is 5.82. The minimum atomic E-state index is -0.403. The molecule has 1 amide bonds. The summed E-state index contributed by atoms with van der Waals surface area (Å²) in [5.74, 6) is 1.03. The molecule has 1 unspecified atom stereocenters. The summed E-state index contributed by atoms with van der Waals surface area (Å²) in [5, 5.41) is 2.99. The van der Waals surface area contributed by atoms with Crippen LogP contribution >= 0.6 is 0 Å². The van der Waals surface area contributed by atoms with E-state index in [1.54, 1.807) is 19.2 Å². The molecule has 0 spiro atoms. The van der Waals surface area contributed by atoms with Crippen LogP contribution in [0.15, 0.2) is 12.3 Å². The highest BCUT2D eigenvalue weighted by Gasteiger charge is 2.19. The number of amides is 1. The fourth-order valence-corrected chi connectivity index (χ4v) is 1.26. The van der Waals surface area contributed by atoms with Crippen LogP contribution < -0.4 is 11.1 Å². The predicted molar refractivity (Wildman–Crippen MR) is 58.2 cm³/mol. The molecule has 0 aliphatic carbocycles. The third-order valence-corrected chi connectivity index (χ3v) is 2.05. The number of aryl methyl sites for hydroxylation is 1. The zero-order valence-corrected chi connectivity index (χ0v) is 9.19. The molecule has 0 aromatic carbocycles. The second-order valence-corrected chi connectivity index (χ2v) is 3.76. The lowest BCUT2D eigenvalue weighted by Crippen LogP contribution is -2.39. The lowest BCUT2D eigenvalue weighted by molar-refractivity contribution is -0.119. The van der Waals surface area contributed by atoms with Gasteiger partial charge >= 0.3 is 0 Å². The van der Waals surface area contributed by atoms with E-state index in [4.69, 9.17) is 5.73 Å². The monoisotopic (exact) mass is 208 g/mol. The van der Waals surface area contributed by atoms with Gasteiger partial charge in [-0.1, -0.05) is 13.8 Å². The predicted octanol–water partition coefficient (Wildman–Crippen LogP) is 0.707. The number of nitrogens with one attached hydrogen (secondary N) is 1. The van der Waals surface area contributed by atoms with E-state index in [0.29, 0.717) is 11.6 Å². The van der Waals surface area contributed by atoms with E-state index in [1.807, 2.05) is 13.8 Å². The Morgan fingerprint density at radius 3 is 2.67 bits per heavy atom. The molecular formula is C10H16N4O. The lowest BCUT2D eigenvalue weighted by atomic mass is 10.0. The van der Waals surface area contributed by atoms with Crippen molar-refractivity contribution < 1.29 is 4.79 Å². The Balaban J connectivity index is 2.79. The molecular weight excluding hydrogens is 192 g/mol. The topological polar surface area (TPSA) is 80.9 Å². The maximum Gasteiger partial charge on any atom is 0.240 e. The summed E-state index contributed by atoms with van der Waals surface area (Å²) in [6, 6.07) is 1.31. The molecule has 0 saturated heterocycles. The second-order valence-electron chi connectivity index (χ2n) is 3.76. The Hall–Kier alpha value is -1.65. The molecule has 0 saturated carbocycles. The summed E-state index contributed by atoms with van der Waals surface area (Å²) < 4.78 is 0. The van der Waals surface area contributed by atoms with Crippen LogP contribution in [0.2, 0.25) is 0 Å². The van der Waals surface area contributed by atoms with Gasteiger partial charge in [0.05, 0.1) is 0 Å². The molecule has 1 aromatic heterocycles. The molecule has 0 aliphatic rings. The van der Waals surface area contributed by atoms with E-state index in [2.05, 4.69) is 15.3 Å². The van der Waals surface area contributed by atoms with E-state index in [9.17, 15) is 4.79 Å². The Bertz CT molecular complexity index is 351. The molecule has 15 heavy (non-hydrogen) atoms. The van der Waals surface area contributed by atoms with Crippen molar-refractivity contribution in [3.63, 3.8) is 0 Å². The fourth-order valence-electron chi connectivity index (χ4n) is 1.26. The van der Waals surface area contributed by atoms with Crippen molar-refractivity contribution in [3.8, 4) is 0 Å².